The molecule has 6 nitrogen and oxygen atoms in total. The van der Waals surface area contributed by atoms with Crippen LogP contribution in [0.4, 0.5) is 4.39 Å². The number of aliphatic hydroxyl groups excluding tert-OH is 1. The first-order chi connectivity index (χ1) is 14.9. The maximum atomic E-state index is 14.7. The Morgan fingerprint density at radius 3 is 2.61 bits per heavy atom. The maximum Gasteiger partial charge on any atom is 0.295 e. The van der Waals surface area contributed by atoms with E-state index in [1.807, 2.05) is 6.92 Å². The van der Waals surface area contributed by atoms with Crippen LogP contribution in [0.25, 0.3) is 5.76 Å². The average Bonchev–Trinajstić information content (AvgIpc) is 3.00. The van der Waals surface area contributed by atoms with Crippen molar-refractivity contribution in [1.82, 2.24) is 4.90 Å². The first-order valence-electron chi connectivity index (χ1n) is 9.85. The first-order valence-corrected chi connectivity index (χ1v) is 10.2. The molecular formula is C23H23ClFNO5. The smallest absolute Gasteiger partial charge is 0.295 e. The van der Waals surface area contributed by atoms with Crippen LogP contribution in [0.2, 0.25) is 5.02 Å². The predicted molar refractivity (Wildman–Crippen MR) is 115 cm³/mol. The number of ether oxygens (including phenoxy) is 2. The number of carbonyl (C=O) groups excluding carboxylic acids is 2. The van der Waals surface area contributed by atoms with Crippen LogP contribution in [0.5, 0.6) is 5.75 Å². The molecule has 8 heteroatoms. The van der Waals surface area contributed by atoms with Gasteiger partial charge in [0.05, 0.1) is 23.2 Å². The van der Waals surface area contributed by atoms with Gasteiger partial charge in [-0.1, -0.05) is 29.8 Å². The summed E-state index contributed by atoms with van der Waals surface area (Å²) >= 11 is 6.22. The number of carbonyl (C=O) groups is 2. The molecule has 31 heavy (non-hydrogen) atoms. The summed E-state index contributed by atoms with van der Waals surface area (Å²) in [6.45, 7) is 2.74. The Morgan fingerprint density at radius 2 is 1.97 bits per heavy atom. The number of benzene rings is 2. The minimum absolute atomic E-state index is 0.123. The largest absolute Gasteiger partial charge is 0.507 e. The SMILES string of the molecule is CCOc1ccc(/C(O)=C2\C(=O)C(=O)N(CCCOC)C2c2ccccc2F)cc1Cl. The summed E-state index contributed by atoms with van der Waals surface area (Å²) in [5.41, 5.74) is 0.162. The second kappa shape index (κ2) is 9.94. The van der Waals surface area contributed by atoms with Crippen LogP contribution in [-0.4, -0.2) is 48.6 Å². The molecule has 1 fully saturated rings. The fraction of sp³-hybridized carbons (Fsp3) is 0.304. The van der Waals surface area contributed by atoms with Gasteiger partial charge in [-0.3, -0.25) is 9.59 Å². The first kappa shape index (κ1) is 22.8. The van der Waals surface area contributed by atoms with E-state index in [4.69, 9.17) is 21.1 Å². The Labute approximate surface area is 184 Å². The number of rotatable bonds is 8. The van der Waals surface area contributed by atoms with Gasteiger partial charge in [0, 0.05) is 31.4 Å². The molecule has 1 amide bonds. The predicted octanol–water partition coefficient (Wildman–Crippen LogP) is 4.34. The molecule has 0 bridgehead atoms. The second-order valence-electron chi connectivity index (χ2n) is 6.94. The molecule has 1 atom stereocenters. The van der Waals surface area contributed by atoms with E-state index >= 15 is 0 Å². The van der Waals surface area contributed by atoms with E-state index in [0.29, 0.717) is 25.4 Å². The van der Waals surface area contributed by atoms with Gasteiger partial charge in [0.25, 0.3) is 11.7 Å². The van der Waals surface area contributed by atoms with Crippen LogP contribution < -0.4 is 4.74 Å². The Morgan fingerprint density at radius 1 is 1.23 bits per heavy atom. The van der Waals surface area contributed by atoms with Gasteiger partial charge in [0.15, 0.2) is 0 Å². The zero-order chi connectivity index (χ0) is 22.5. The Kier molecular flexibility index (Phi) is 7.30. The van der Waals surface area contributed by atoms with Crippen molar-refractivity contribution in [3.63, 3.8) is 0 Å². The van der Waals surface area contributed by atoms with E-state index in [1.165, 1.54) is 42.3 Å². The number of halogens is 2. The van der Waals surface area contributed by atoms with Gasteiger partial charge in [0.1, 0.15) is 17.3 Å². The van der Waals surface area contributed by atoms with E-state index in [-0.39, 0.29) is 28.3 Å². The highest BCUT2D eigenvalue weighted by Crippen LogP contribution is 2.41. The average molecular weight is 448 g/mol. The number of amides is 1. The lowest BCUT2D eigenvalue weighted by molar-refractivity contribution is -0.140. The quantitative estimate of drug-likeness (QED) is 0.282. The lowest BCUT2D eigenvalue weighted by Crippen LogP contribution is -2.31. The third-order valence-electron chi connectivity index (χ3n) is 4.99. The van der Waals surface area contributed by atoms with Crippen molar-refractivity contribution < 1.29 is 28.6 Å². The Balaban J connectivity index is 2.13. The second-order valence-corrected chi connectivity index (χ2v) is 7.35. The number of ketones is 1. The van der Waals surface area contributed by atoms with Gasteiger partial charge in [0.2, 0.25) is 0 Å². The minimum atomic E-state index is -1.07. The molecule has 0 radical (unpaired) electrons. The van der Waals surface area contributed by atoms with Crippen LogP contribution >= 0.6 is 11.6 Å². The van der Waals surface area contributed by atoms with Crippen LogP contribution in [0.15, 0.2) is 48.0 Å². The molecular weight excluding hydrogens is 425 g/mol. The fourth-order valence-corrected chi connectivity index (χ4v) is 3.82. The van der Waals surface area contributed by atoms with Crippen LogP contribution in [0, 0.1) is 5.82 Å². The molecule has 1 aliphatic rings. The summed E-state index contributed by atoms with van der Waals surface area (Å²) in [6, 6.07) is 9.34. The highest BCUT2D eigenvalue weighted by Gasteiger charge is 2.46. The number of nitrogens with zero attached hydrogens (tertiary/aromatic N) is 1. The van der Waals surface area contributed by atoms with E-state index < -0.39 is 29.3 Å². The normalized spacial score (nSPS) is 17.9. The molecule has 164 valence electrons. The fourth-order valence-electron chi connectivity index (χ4n) is 3.59. The summed E-state index contributed by atoms with van der Waals surface area (Å²) in [7, 11) is 1.53. The molecule has 2 aromatic carbocycles. The van der Waals surface area contributed by atoms with Gasteiger partial charge >= 0.3 is 0 Å². The van der Waals surface area contributed by atoms with Crippen molar-refractivity contribution in [3.05, 3.63) is 70.0 Å². The highest BCUT2D eigenvalue weighted by atomic mass is 35.5. The van der Waals surface area contributed by atoms with E-state index in [0.717, 1.165) is 0 Å². The molecule has 1 aliphatic heterocycles. The maximum absolute atomic E-state index is 14.7. The van der Waals surface area contributed by atoms with Crippen LogP contribution in [-0.2, 0) is 14.3 Å². The van der Waals surface area contributed by atoms with Gasteiger partial charge in [-0.2, -0.15) is 0 Å². The minimum Gasteiger partial charge on any atom is -0.507 e. The summed E-state index contributed by atoms with van der Waals surface area (Å²) in [5.74, 6) is -2.27. The molecule has 3 rings (SSSR count). The molecule has 1 unspecified atom stereocenters. The van der Waals surface area contributed by atoms with Crippen molar-refractivity contribution >= 4 is 29.1 Å². The summed E-state index contributed by atoms with van der Waals surface area (Å²) in [4.78, 5) is 26.9. The molecule has 1 N–H and O–H groups in total. The van der Waals surface area contributed by atoms with Gasteiger partial charge in [-0.05, 0) is 37.6 Å². The summed E-state index contributed by atoms with van der Waals surface area (Å²) in [6.07, 6.45) is 0.448. The van der Waals surface area contributed by atoms with Gasteiger partial charge < -0.3 is 19.5 Å². The number of likely N-dealkylation sites (tertiary alicyclic amines) is 1. The van der Waals surface area contributed by atoms with Crippen molar-refractivity contribution in [1.29, 1.82) is 0 Å². The monoisotopic (exact) mass is 447 g/mol. The van der Waals surface area contributed by atoms with Crippen LogP contribution in [0.3, 0.4) is 0 Å². The van der Waals surface area contributed by atoms with Crippen LogP contribution in [0.1, 0.15) is 30.5 Å². The van der Waals surface area contributed by atoms with Crippen molar-refractivity contribution in [2.45, 2.75) is 19.4 Å². The van der Waals surface area contributed by atoms with Crippen molar-refractivity contribution in [3.8, 4) is 5.75 Å². The van der Waals surface area contributed by atoms with Crippen molar-refractivity contribution in [2.75, 3.05) is 26.9 Å². The zero-order valence-corrected chi connectivity index (χ0v) is 18.0. The molecule has 0 spiro atoms. The number of methoxy groups -OCH3 is 1. The summed E-state index contributed by atoms with van der Waals surface area (Å²) < 4.78 is 25.1. The third kappa shape index (κ3) is 4.57. The lowest BCUT2D eigenvalue weighted by atomic mass is 9.95. The molecule has 1 saturated heterocycles. The highest BCUT2D eigenvalue weighted by molar-refractivity contribution is 6.46. The summed E-state index contributed by atoms with van der Waals surface area (Å²) in [5, 5.41) is 11.2. The standard InChI is InChI=1S/C23H23ClFNO5/c1-3-31-18-10-9-14(13-16(18)24)21(27)19-20(15-7-4-5-8-17(15)25)26(11-6-12-30-2)23(29)22(19)28/h4-5,7-10,13,20,27H,3,6,11-12H2,1-2H3/b21-19+. The topological polar surface area (TPSA) is 76.1 Å². The third-order valence-corrected chi connectivity index (χ3v) is 5.29. The van der Waals surface area contributed by atoms with Gasteiger partial charge in [-0.15, -0.1) is 0 Å². The van der Waals surface area contributed by atoms with E-state index in [9.17, 15) is 19.1 Å². The molecule has 0 saturated carbocycles. The lowest BCUT2D eigenvalue weighted by Gasteiger charge is -2.25. The molecule has 1 heterocycles. The van der Waals surface area contributed by atoms with Crippen molar-refractivity contribution in [2.24, 2.45) is 0 Å². The van der Waals surface area contributed by atoms with E-state index in [2.05, 4.69) is 0 Å². The number of Topliss-reactive ketones (excluding diaryl/α,β-unsaturated/α-hetero) is 1. The zero-order valence-electron chi connectivity index (χ0n) is 17.2. The number of aliphatic hydroxyl groups is 1. The Hall–Kier alpha value is -2.90. The number of hydrogen-bond donors (Lipinski definition) is 1. The van der Waals surface area contributed by atoms with E-state index in [1.54, 1.807) is 12.1 Å². The molecule has 0 aromatic heterocycles. The number of hydrogen-bond acceptors (Lipinski definition) is 5. The molecule has 2 aromatic rings. The Bertz CT molecular complexity index is 1020. The van der Waals surface area contributed by atoms with Gasteiger partial charge in [-0.25, -0.2) is 4.39 Å². The molecule has 0 aliphatic carbocycles.